The SMILES string of the molecule is Cn1c(=O)c(-c2ccccc2)cc2c3cc(C(=O)NNC(=O)OC(C)(C)C)ccc3n(C)c21. The van der Waals surface area contributed by atoms with Crippen molar-refractivity contribution in [1.29, 1.82) is 0 Å². The van der Waals surface area contributed by atoms with Gasteiger partial charge in [-0.15, -0.1) is 0 Å². The van der Waals surface area contributed by atoms with E-state index in [0.717, 1.165) is 27.5 Å². The Morgan fingerprint density at radius 1 is 0.879 bits per heavy atom. The standard InChI is InChI=1S/C25H26N4O4/c1-25(2,3)33-24(32)27-26-21(30)16-11-12-20-18(13-16)19-14-17(15-9-7-6-8-10-15)23(31)29(5)22(19)28(20)4/h6-14H,1-5H3,(H,26,30)(H,27,32). The van der Waals surface area contributed by atoms with Crippen LogP contribution in [0.3, 0.4) is 0 Å². The Kier molecular flexibility index (Phi) is 5.45. The summed E-state index contributed by atoms with van der Waals surface area (Å²) in [6.45, 7) is 5.21. The van der Waals surface area contributed by atoms with E-state index in [-0.39, 0.29) is 5.56 Å². The number of benzene rings is 2. The van der Waals surface area contributed by atoms with Crippen molar-refractivity contribution in [1.82, 2.24) is 20.0 Å². The highest BCUT2D eigenvalue weighted by Gasteiger charge is 2.19. The van der Waals surface area contributed by atoms with Gasteiger partial charge < -0.3 is 9.30 Å². The van der Waals surface area contributed by atoms with Crippen molar-refractivity contribution in [2.75, 3.05) is 0 Å². The smallest absolute Gasteiger partial charge is 0.426 e. The first kappa shape index (κ1) is 22.1. The summed E-state index contributed by atoms with van der Waals surface area (Å²) in [5.41, 5.74) is 7.26. The van der Waals surface area contributed by atoms with E-state index in [0.29, 0.717) is 11.1 Å². The lowest BCUT2D eigenvalue weighted by molar-refractivity contribution is 0.0483. The second-order valence-electron chi connectivity index (χ2n) is 8.90. The maximum atomic E-state index is 13.1. The summed E-state index contributed by atoms with van der Waals surface area (Å²) >= 11 is 0. The number of pyridine rings is 1. The molecular formula is C25H26N4O4. The molecule has 0 saturated carbocycles. The molecule has 2 heterocycles. The molecule has 8 nitrogen and oxygen atoms in total. The lowest BCUT2D eigenvalue weighted by Crippen LogP contribution is -2.44. The van der Waals surface area contributed by atoms with E-state index in [1.807, 2.05) is 54.1 Å². The molecule has 33 heavy (non-hydrogen) atoms. The number of carbonyl (C=O) groups is 2. The molecule has 0 spiro atoms. The maximum Gasteiger partial charge on any atom is 0.426 e. The molecule has 0 aliphatic carbocycles. The first-order valence-corrected chi connectivity index (χ1v) is 10.5. The number of hydrogen-bond acceptors (Lipinski definition) is 4. The van der Waals surface area contributed by atoms with E-state index in [1.165, 1.54) is 0 Å². The first-order valence-electron chi connectivity index (χ1n) is 10.5. The predicted octanol–water partition coefficient (Wildman–Crippen LogP) is 3.87. The molecule has 0 fully saturated rings. The van der Waals surface area contributed by atoms with Crippen molar-refractivity contribution in [3.63, 3.8) is 0 Å². The largest absolute Gasteiger partial charge is 0.443 e. The fourth-order valence-electron chi connectivity index (χ4n) is 3.94. The molecule has 0 unspecified atom stereocenters. The number of aryl methyl sites for hydroxylation is 2. The number of hydrogen-bond donors (Lipinski definition) is 2. The van der Waals surface area contributed by atoms with Crippen molar-refractivity contribution in [2.24, 2.45) is 14.1 Å². The monoisotopic (exact) mass is 446 g/mol. The van der Waals surface area contributed by atoms with E-state index in [2.05, 4.69) is 10.9 Å². The molecule has 0 saturated heterocycles. The summed E-state index contributed by atoms with van der Waals surface area (Å²) in [4.78, 5) is 37.6. The van der Waals surface area contributed by atoms with Gasteiger partial charge in [-0.25, -0.2) is 10.2 Å². The summed E-state index contributed by atoms with van der Waals surface area (Å²) in [5, 5.41) is 1.67. The van der Waals surface area contributed by atoms with Crippen molar-refractivity contribution in [2.45, 2.75) is 26.4 Å². The minimum absolute atomic E-state index is 0.0980. The molecular weight excluding hydrogens is 420 g/mol. The van der Waals surface area contributed by atoms with Gasteiger partial charge >= 0.3 is 6.09 Å². The predicted molar refractivity (Wildman–Crippen MR) is 128 cm³/mol. The van der Waals surface area contributed by atoms with Crippen molar-refractivity contribution in [3.8, 4) is 11.1 Å². The second-order valence-corrected chi connectivity index (χ2v) is 8.90. The lowest BCUT2D eigenvalue weighted by Gasteiger charge is -2.19. The Balaban J connectivity index is 1.76. The fraction of sp³-hybridized carbons (Fsp3) is 0.240. The van der Waals surface area contributed by atoms with Crippen LogP contribution in [0.1, 0.15) is 31.1 Å². The first-order chi connectivity index (χ1) is 15.6. The number of ether oxygens (including phenoxy) is 1. The molecule has 0 atom stereocenters. The lowest BCUT2D eigenvalue weighted by atomic mass is 10.0. The third kappa shape index (κ3) is 4.19. The van der Waals surface area contributed by atoms with Crippen LogP contribution < -0.4 is 16.4 Å². The molecule has 0 bridgehead atoms. The molecule has 2 aromatic carbocycles. The van der Waals surface area contributed by atoms with Crippen LogP contribution in [0, 0.1) is 0 Å². The fourth-order valence-corrected chi connectivity index (χ4v) is 3.94. The minimum atomic E-state index is -0.746. The van der Waals surface area contributed by atoms with Crippen LogP contribution in [0.4, 0.5) is 4.79 Å². The number of carbonyl (C=O) groups excluding carboxylic acids is 2. The van der Waals surface area contributed by atoms with Gasteiger partial charge in [0, 0.05) is 36.0 Å². The zero-order valence-corrected chi connectivity index (χ0v) is 19.2. The summed E-state index contributed by atoms with van der Waals surface area (Å²) in [6, 6.07) is 16.6. The minimum Gasteiger partial charge on any atom is -0.443 e. The molecule has 4 aromatic rings. The Bertz CT molecular complexity index is 1440. The molecule has 2 aromatic heterocycles. The van der Waals surface area contributed by atoms with Gasteiger partial charge in [-0.2, -0.15) is 0 Å². The molecule has 8 heteroatoms. The van der Waals surface area contributed by atoms with Gasteiger partial charge in [0.05, 0.1) is 5.52 Å². The third-order valence-corrected chi connectivity index (χ3v) is 5.37. The van der Waals surface area contributed by atoms with E-state index < -0.39 is 17.6 Å². The Labute approximate surface area is 190 Å². The summed E-state index contributed by atoms with van der Waals surface area (Å²) < 4.78 is 8.69. The zero-order valence-electron chi connectivity index (χ0n) is 19.2. The van der Waals surface area contributed by atoms with E-state index >= 15 is 0 Å². The molecule has 2 amide bonds. The van der Waals surface area contributed by atoms with Gasteiger partial charge in [-0.1, -0.05) is 30.3 Å². The van der Waals surface area contributed by atoms with Crippen LogP contribution in [0.5, 0.6) is 0 Å². The van der Waals surface area contributed by atoms with Gasteiger partial charge in [-0.05, 0) is 50.6 Å². The number of nitrogens with zero attached hydrogens (tertiary/aromatic N) is 2. The highest BCUT2D eigenvalue weighted by molar-refractivity contribution is 6.10. The van der Waals surface area contributed by atoms with E-state index in [4.69, 9.17) is 4.74 Å². The van der Waals surface area contributed by atoms with Crippen LogP contribution in [0.25, 0.3) is 33.1 Å². The second kappa shape index (κ2) is 8.12. The van der Waals surface area contributed by atoms with Crippen LogP contribution in [-0.4, -0.2) is 26.7 Å². The number of hydrazine groups is 1. The molecule has 4 rings (SSSR count). The number of amides is 2. The number of nitrogens with one attached hydrogen (secondary N) is 2. The molecule has 2 N–H and O–H groups in total. The number of rotatable bonds is 2. The van der Waals surface area contributed by atoms with Gasteiger partial charge in [0.25, 0.3) is 11.5 Å². The molecule has 0 aliphatic rings. The highest BCUT2D eigenvalue weighted by Crippen LogP contribution is 2.30. The number of aromatic nitrogens is 2. The highest BCUT2D eigenvalue weighted by atomic mass is 16.6. The van der Waals surface area contributed by atoms with Crippen LogP contribution in [-0.2, 0) is 18.8 Å². The molecule has 170 valence electrons. The summed E-state index contributed by atoms with van der Waals surface area (Å²) in [7, 11) is 3.63. The average molecular weight is 447 g/mol. The average Bonchev–Trinajstić information content (AvgIpc) is 3.05. The van der Waals surface area contributed by atoms with Gasteiger partial charge in [0.2, 0.25) is 0 Å². The van der Waals surface area contributed by atoms with Gasteiger partial charge in [0.1, 0.15) is 11.2 Å². The summed E-state index contributed by atoms with van der Waals surface area (Å²) in [5.74, 6) is -0.479. The summed E-state index contributed by atoms with van der Waals surface area (Å²) in [6.07, 6.45) is -0.746. The third-order valence-electron chi connectivity index (χ3n) is 5.37. The maximum absolute atomic E-state index is 13.1. The van der Waals surface area contributed by atoms with Gasteiger partial charge in [0.15, 0.2) is 0 Å². The van der Waals surface area contributed by atoms with E-state index in [9.17, 15) is 14.4 Å². The van der Waals surface area contributed by atoms with Gasteiger partial charge in [-0.3, -0.25) is 19.6 Å². The molecule has 0 radical (unpaired) electrons. The normalized spacial score (nSPS) is 11.5. The van der Waals surface area contributed by atoms with E-state index in [1.54, 1.807) is 44.5 Å². The Hall–Kier alpha value is -4.07. The van der Waals surface area contributed by atoms with Crippen LogP contribution >= 0.6 is 0 Å². The zero-order chi connectivity index (χ0) is 23.9. The van der Waals surface area contributed by atoms with Crippen LogP contribution in [0.15, 0.2) is 59.4 Å². The quantitative estimate of drug-likeness (QED) is 0.457. The topological polar surface area (TPSA) is 94.4 Å². The van der Waals surface area contributed by atoms with Crippen molar-refractivity contribution in [3.05, 3.63) is 70.5 Å². The van der Waals surface area contributed by atoms with Crippen molar-refractivity contribution < 1.29 is 14.3 Å². The van der Waals surface area contributed by atoms with Crippen molar-refractivity contribution >= 4 is 33.9 Å². The number of fused-ring (bicyclic) bond motifs is 3. The Morgan fingerprint density at radius 3 is 2.24 bits per heavy atom. The Morgan fingerprint density at radius 2 is 1.58 bits per heavy atom. The van der Waals surface area contributed by atoms with Crippen LogP contribution in [0.2, 0.25) is 0 Å². The molecule has 0 aliphatic heterocycles.